The summed E-state index contributed by atoms with van der Waals surface area (Å²) in [6.45, 7) is 19.5. The van der Waals surface area contributed by atoms with Crippen molar-refractivity contribution in [2.45, 2.75) is 121 Å². The first-order valence-electron chi connectivity index (χ1n) is 16.7. The molecule has 0 spiro atoms. The zero-order valence-corrected chi connectivity index (χ0v) is 30.9. The number of ketones is 3. The minimum Gasteiger partial charge on any atom is -0.300 e. The van der Waals surface area contributed by atoms with Gasteiger partial charge in [0, 0.05) is 37.4 Å². The second-order valence-electron chi connectivity index (χ2n) is 11.8. The molecule has 2 amide bonds. The Morgan fingerprint density at radius 3 is 1.21 bits per heavy atom. The van der Waals surface area contributed by atoms with Crippen LogP contribution in [0.3, 0.4) is 0 Å². The van der Waals surface area contributed by atoms with Gasteiger partial charge in [-0.05, 0) is 88.5 Å². The zero-order chi connectivity index (χ0) is 36.4. The van der Waals surface area contributed by atoms with Crippen LogP contribution < -0.4 is 5.84 Å². The molecule has 2 aromatic rings. The molecule has 0 radical (unpaired) electrons. The number of amides is 2. The molecular weight excluding hydrogens is 592 g/mol. The van der Waals surface area contributed by atoms with Gasteiger partial charge in [0.2, 0.25) is 0 Å². The van der Waals surface area contributed by atoms with Crippen molar-refractivity contribution in [3.05, 3.63) is 68.8 Å². The molecule has 0 saturated carbocycles. The van der Waals surface area contributed by atoms with Gasteiger partial charge in [-0.15, -0.1) is 0 Å². The maximum absolute atomic E-state index is 12.7. The Morgan fingerprint density at radius 2 is 0.957 bits per heavy atom. The number of likely N-dealkylation sites (N-methyl/N-ethyl adjacent to an activating group) is 2. The van der Waals surface area contributed by atoms with Crippen LogP contribution in [-0.4, -0.2) is 59.0 Å². The van der Waals surface area contributed by atoms with E-state index in [-0.39, 0.29) is 5.78 Å². The van der Waals surface area contributed by atoms with Gasteiger partial charge in [-0.25, -0.2) is 10.9 Å². The smallest absolute Gasteiger partial charge is 0.300 e. The maximum Gasteiger partial charge on any atom is 0.314 e. The molecule has 0 saturated heterocycles. The molecule has 0 aliphatic rings. The summed E-state index contributed by atoms with van der Waals surface area (Å²) in [5, 5.41) is 6.23. The number of hydrogen-bond acceptors (Lipinski definition) is 7. The van der Waals surface area contributed by atoms with Gasteiger partial charge >= 0.3 is 11.8 Å². The number of benzene rings is 2. The predicted octanol–water partition coefficient (Wildman–Crippen LogP) is 6.95. The van der Waals surface area contributed by atoms with E-state index < -0.39 is 23.4 Å². The SMILES string of the molecule is CCCC(C)=NN(C)C(=O)C(=O)c1c(CC)cc(C)cc1CC.CCCC(C)=O.CCc1cc(C)cc(CC)c1C(=O)C(=O)N(C)N. The highest BCUT2D eigenvalue weighted by Crippen LogP contribution is 2.22. The van der Waals surface area contributed by atoms with Gasteiger partial charge in [-0.1, -0.05) is 83.4 Å². The fraction of sp³-hybridized carbons (Fsp3) is 0.526. The van der Waals surface area contributed by atoms with Crippen LogP contribution in [0.4, 0.5) is 0 Å². The third-order valence-corrected chi connectivity index (χ3v) is 7.41. The van der Waals surface area contributed by atoms with E-state index in [0.717, 1.165) is 95.5 Å². The minimum atomic E-state index is -0.678. The summed E-state index contributed by atoms with van der Waals surface area (Å²) in [6.07, 6.45) is 6.39. The van der Waals surface area contributed by atoms with Crippen molar-refractivity contribution in [3.8, 4) is 0 Å². The van der Waals surface area contributed by atoms with Crippen molar-refractivity contribution in [1.29, 1.82) is 0 Å². The fourth-order valence-electron chi connectivity index (χ4n) is 5.17. The number of rotatable bonds is 13. The van der Waals surface area contributed by atoms with Crippen molar-refractivity contribution in [3.63, 3.8) is 0 Å². The lowest BCUT2D eigenvalue weighted by molar-refractivity contribution is -0.125. The number of hydrazone groups is 1. The second-order valence-corrected chi connectivity index (χ2v) is 11.8. The topological polar surface area (TPSA) is 130 Å². The van der Waals surface area contributed by atoms with Gasteiger partial charge in [0.25, 0.3) is 11.6 Å². The van der Waals surface area contributed by atoms with Crippen LogP contribution in [0.15, 0.2) is 29.4 Å². The number of nitrogens with two attached hydrogens (primary N) is 1. The van der Waals surface area contributed by atoms with Crippen molar-refractivity contribution in [1.82, 2.24) is 10.0 Å². The summed E-state index contributed by atoms with van der Waals surface area (Å²) >= 11 is 0. The van der Waals surface area contributed by atoms with Crippen molar-refractivity contribution in [2.24, 2.45) is 10.9 Å². The lowest BCUT2D eigenvalue weighted by atomic mass is 9.92. The number of hydrazine groups is 1. The first-order chi connectivity index (χ1) is 22.0. The molecule has 47 heavy (non-hydrogen) atoms. The first kappa shape index (κ1) is 43.0. The molecule has 0 heterocycles. The van der Waals surface area contributed by atoms with Crippen LogP contribution in [-0.2, 0) is 40.1 Å². The number of carbonyl (C=O) groups is 5. The van der Waals surface area contributed by atoms with Gasteiger partial charge in [-0.2, -0.15) is 5.10 Å². The Bertz CT molecular complexity index is 1380. The zero-order valence-electron chi connectivity index (χ0n) is 30.9. The van der Waals surface area contributed by atoms with Gasteiger partial charge in [0.15, 0.2) is 0 Å². The summed E-state index contributed by atoms with van der Waals surface area (Å²) in [5.74, 6) is 3.40. The Labute approximate surface area is 282 Å². The van der Waals surface area contributed by atoms with E-state index in [4.69, 9.17) is 5.84 Å². The van der Waals surface area contributed by atoms with Crippen LogP contribution in [0.25, 0.3) is 0 Å². The molecule has 9 nitrogen and oxygen atoms in total. The number of hydrogen-bond donors (Lipinski definition) is 1. The Morgan fingerprint density at radius 1 is 0.617 bits per heavy atom. The summed E-state index contributed by atoms with van der Waals surface area (Å²) in [7, 11) is 2.93. The van der Waals surface area contributed by atoms with Crippen molar-refractivity contribution >= 4 is 34.9 Å². The monoisotopic (exact) mass is 650 g/mol. The molecule has 0 atom stereocenters. The van der Waals surface area contributed by atoms with E-state index in [1.165, 1.54) is 12.1 Å². The van der Waals surface area contributed by atoms with Gasteiger partial charge in [-0.3, -0.25) is 24.2 Å². The third-order valence-electron chi connectivity index (χ3n) is 7.41. The summed E-state index contributed by atoms with van der Waals surface area (Å²) in [4.78, 5) is 59.2. The molecule has 0 unspecified atom stereocenters. The predicted molar refractivity (Wildman–Crippen MR) is 192 cm³/mol. The largest absolute Gasteiger partial charge is 0.314 e. The van der Waals surface area contributed by atoms with E-state index in [2.05, 4.69) is 12.0 Å². The normalized spacial score (nSPS) is 10.6. The van der Waals surface area contributed by atoms with Crippen LogP contribution in [0.1, 0.15) is 135 Å². The Balaban J connectivity index is 0.000000782. The van der Waals surface area contributed by atoms with Crippen LogP contribution >= 0.6 is 0 Å². The number of nitrogens with zero attached hydrogens (tertiary/aromatic N) is 3. The van der Waals surface area contributed by atoms with Crippen LogP contribution in [0.2, 0.25) is 0 Å². The second kappa shape index (κ2) is 21.7. The van der Waals surface area contributed by atoms with Gasteiger partial charge in [0.1, 0.15) is 5.78 Å². The molecule has 9 heteroatoms. The van der Waals surface area contributed by atoms with E-state index in [1.807, 2.05) is 79.7 Å². The quantitative estimate of drug-likeness (QED) is 0.0624. The van der Waals surface area contributed by atoms with Crippen molar-refractivity contribution < 1.29 is 24.0 Å². The molecule has 0 aromatic heterocycles. The van der Waals surface area contributed by atoms with Crippen LogP contribution in [0, 0.1) is 13.8 Å². The standard InChI is InChI=1S/C19H28N2O2.C14H20N2O2.C5H10O/c1-7-10-14(5)20-21(6)19(23)18(22)17-15(8-2)11-13(4)12-16(17)9-3;1-5-10-7-9(3)8-11(6-2)12(10)13(17)14(18)16(4)15;1-3-4-5(2)6/h11-12H,7-10H2,1-6H3;7-8H,5-6,15H2,1-4H3;3-4H2,1-2H3. The lowest BCUT2D eigenvalue weighted by Crippen LogP contribution is -2.39. The summed E-state index contributed by atoms with van der Waals surface area (Å²) in [5.41, 5.74) is 7.84. The van der Waals surface area contributed by atoms with Gasteiger partial charge in [0.05, 0.1) is 0 Å². The Hall–Kier alpha value is -3.98. The van der Waals surface area contributed by atoms with E-state index in [0.29, 0.717) is 11.1 Å². The fourth-order valence-corrected chi connectivity index (χ4v) is 5.17. The van der Waals surface area contributed by atoms with Gasteiger partial charge < -0.3 is 4.79 Å². The average Bonchev–Trinajstić information content (AvgIpc) is 3.02. The maximum atomic E-state index is 12.7. The molecule has 0 aliphatic carbocycles. The highest BCUT2D eigenvalue weighted by atomic mass is 16.2. The molecular formula is C38H58N4O5. The molecule has 0 aliphatic heterocycles. The van der Waals surface area contributed by atoms with Crippen LogP contribution in [0.5, 0.6) is 0 Å². The first-order valence-corrected chi connectivity index (χ1v) is 16.7. The van der Waals surface area contributed by atoms with Crippen molar-refractivity contribution in [2.75, 3.05) is 14.1 Å². The summed E-state index contributed by atoms with van der Waals surface area (Å²) < 4.78 is 0. The molecule has 2 rings (SSSR count). The highest BCUT2D eigenvalue weighted by Gasteiger charge is 2.26. The molecule has 2 aromatic carbocycles. The Kier molecular flexibility index (Phi) is 19.9. The lowest BCUT2D eigenvalue weighted by Gasteiger charge is -2.16. The minimum absolute atomic E-state index is 0.289. The summed E-state index contributed by atoms with van der Waals surface area (Å²) in [6, 6.07) is 7.89. The molecule has 0 bridgehead atoms. The number of aryl methyl sites for hydroxylation is 6. The van der Waals surface area contributed by atoms with E-state index in [1.54, 1.807) is 14.0 Å². The third kappa shape index (κ3) is 13.7. The average molecular weight is 651 g/mol. The highest BCUT2D eigenvalue weighted by molar-refractivity contribution is 6.43. The molecule has 260 valence electrons. The van der Waals surface area contributed by atoms with E-state index >= 15 is 0 Å². The number of carbonyl (C=O) groups excluding carboxylic acids is 5. The molecule has 0 fully saturated rings. The van der Waals surface area contributed by atoms with E-state index in [9.17, 15) is 24.0 Å². The molecule has 2 N–H and O–H groups in total. The number of Topliss-reactive ketones (excluding diaryl/α,β-unsaturated/α-hetero) is 3.